The largest absolute Gasteiger partial charge is 0.370 e. The zero-order chi connectivity index (χ0) is 18.0. The van der Waals surface area contributed by atoms with Crippen LogP contribution < -0.4 is 10.6 Å². The van der Waals surface area contributed by atoms with Crippen LogP contribution in [0.25, 0.3) is 0 Å². The van der Waals surface area contributed by atoms with E-state index in [1.807, 2.05) is 34.7 Å². The van der Waals surface area contributed by atoms with Crippen LogP contribution in [-0.2, 0) is 29.5 Å². The molecule has 0 bridgehead atoms. The molecule has 0 radical (unpaired) electrons. The lowest BCUT2D eigenvalue weighted by molar-refractivity contribution is -0.118. The Morgan fingerprint density at radius 1 is 1.32 bits per heavy atom. The highest BCUT2D eigenvalue weighted by atomic mass is 32.2. The molecule has 0 aliphatic carbocycles. The summed E-state index contributed by atoms with van der Waals surface area (Å²) in [6.45, 7) is 2.06. The number of carbonyl (C=O) groups excluding carboxylic acids is 2. The summed E-state index contributed by atoms with van der Waals surface area (Å²) in [6, 6.07) is 8.18. The number of anilines is 1. The van der Waals surface area contributed by atoms with E-state index < -0.39 is 0 Å². The van der Waals surface area contributed by atoms with Gasteiger partial charge in [-0.15, -0.1) is 10.2 Å². The molecule has 1 aliphatic rings. The van der Waals surface area contributed by atoms with Gasteiger partial charge in [-0.2, -0.15) is 0 Å². The number of rotatable bonds is 6. The van der Waals surface area contributed by atoms with E-state index in [9.17, 15) is 9.59 Å². The van der Waals surface area contributed by atoms with Crippen LogP contribution in [0.15, 0.2) is 29.4 Å². The lowest BCUT2D eigenvalue weighted by Gasteiger charge is -2.22. The first-order valence-corrected chi connectivity index (χ1v) is 9.15. The highest BCUT2D eigenvalue weighted by Crippen LogP contribution is 2.32. The molecule has 2 heterocycles. The second-order valence-electron chi connectivity index (χ2n) is 6.16. The summed E-state index contributed by atoms with van der Waals surface area (Å²) in [4.78, 5) is 25.5. The van der Waals surface area contributed by atoms with Crippen molar-refractivity contribution in [1.82, 2.24) is 14.8 Å². The fraction of sp³-hybridized carbons (Fsp3) is 0.412. The van der Waals surface area contributed by atoms with Crippen LogP contribution in [0, 0.1) is 0 Å². The smallest absolute Gasteiger partial charge is 0.237 e. The molecular weight excluding hydrogens is 338 g/mol. The Kier molecular flexibility index (Phi) is 5.08. The van der Waals surface area contributed by atoms with Crippen LogP contribution in [0.5, 0.6) is 0 Å². The molecule has 132 valence electrons. The molecule has 7 nitrogen and oxygen atoms in total. The summed E-state index contributed by atoms with van der Waals surface area (Å²) in [5.41, 5.74) is 7.38. The minimum absolute atomic E-state index is 0.0594. The second-order valence-corrected chi connectivity index (χ2v) is 7.10. The fourth-order valence-electron chi connectivity index (χ4n) is 3.06. The highest BCUT2D eigenvalue weighted by Gasteiger charge is 2.30. The van der Waals surface area contributed by atoms with Crippen molar-refractivity contribution < 1.29 is 9.59 Å². The number of thioether (sulfide) groups is 1. The number of nitrogens with two attached hydrogens (primary N) is 1. The number of hydrogen-bond donors (Lipinski definition) is 1. The molecule has 8 heteroatoms. The Morgan fingerprint density at radius 3 is 2.84 bits per heavy atom. The molecule has 25 heavy (non-hydrogen) atoms. The molecule has 0 spiro atoms. The van der Waals surface area contributed by atoms with Gasteiger partial charge in [0.25, 0.3) is 0 Å². The molecule has 1 atom stereocenters. The van der Waals surface area contributed by atoms with Crippen molar-refractivity contribution in [3.8, 4) is 0 Å². The Balaban J connectivity index is 1.64. The molecule has 3 rings (SSSR count). The SMILES string of the molecule is C[C@@H]1Cc2ccccc2N1C(=O)CSc1nnc(CCC(N)=O)n1C. The molecule has 0 saturated carbocycles. The molecule has 0 saturated heterocycles. The van der Waals surface area contributed by atoms with Gasteiger partial charge in [-0.25, -0.2) is 0 Å². The predicted molar refractivity (Wildman–Crippen MR) is 96.3 cm³/mol. The van der Waals surface area contributed by atoms with Gasteiger partial charge in [0.2, 0.25) is 11.8 Å². The number of para-hydroxylation sites is 1. The molecule has 2 N–H and O–H groups in total. The van der Waals surface area contributed by atoms with E-state index in [0.717, 1.165) is 12.1 Å². The number of aromatic nitrogens is 3. The number of benzene rings is 1. The van der Waals surface area contributed by atoms with Crippen molar-refractivity contribution in [2.75, 3.05) is 10.7 Å². The van der Waals surface area contributed by atoms with Crippen LogP contribution in [-0.4, -0.2) is 38.4 Å². The predicted octanol–water partition coefficient (Wildman–Crippen LogP) is 1.30. The van der Waals surface area contributed by atoms with Gasteiger partial charge < -0.3 is 15.2 Å². The standard InChI is InChI=1S/C17H21N5O2S/c1-11-9-12-5-3-4-6-13(12)22(11)16(24)10-25-17-20-19-15(21(17)2)8-7-14(18)23/h3-6,11H,7-10H2,1-2H3,(H2,18,23)/t11-/m1/s1. The van der Waals surface area contributed by atoms with Crippen molar-refractivity contribution in [2.45, 2.75) is 37.4 Å². The average molecular weight is 359 g/mol. The first kappa shape index (κ1) is 17.5. The highest BCUT2D eigenvalue weighted by molar-refractivity contribution is 7.99. The zero-order valence-electron chi connectivity index (χ0n) is 14.3. The van der Waals surface area contributed by atoms with Gasteiger partial charge in [-0.05, 0) is 25.0 Å². The molecule has 1 aromatic heterocycles. The van der Waals surface area contributed by atoms with E-state index in [2.05, 4.69) is 23.2 Å². The maximum absolute atomic E-state index is 12.7. The zero-order valence-corrected chi connectivity index (χ0v) is 15.1. The Bertz CT molecular complexity index is 804. The first-order valence-electron chi connectivity index (χ1n) is 8.16. The third kappa shape index (κ3) is 3.68. The maximum atomic E-state index is 12.7. The molecule has 1 aromatic carbocycles. The number of nitrogens with zero attached hydrogens (tertiary/aromatic N) is 4. The normalized spacial score (nSPS) is 16.1. The lowest BCUT2D eigenvalue weighted by Crippen LogP contribution is -2.37. The summed E-state index contributed by atoms with van der Waals surface area (Å²) < 4.78 is 1.81. The molecule has 2 aromatic rings. The summed E-state index contributed by atoms with van der Waals surface area (Å²) in [5, 5.41) is 8.84. The Morgan fingerprint density at radius 2 is 2.08 bits per heavy atom. The van der Waals surface area contributed by atoms with E-state index in [1.54, 1.807) is 0 Å². The van der Waals surface area contributed by atoms with Gasteiger partial charge in [0, 0.05) is 31.6 Å². The molecule has 2 amide bonds. The third-order valence-electron chi connectivity index (χ3n) is 4.32. The summed E-state index contributed by atoms with van der Waals surface area (Å²) in [6.07, 6.45) is 1.56. The van der Waals surface area contributed by atoms with E-state index in [1.165, 1.54) is 17.3 Å². The lowest BCUT2D eigenvalue weighted by atomic mass is 10.1. The van der Waals surface area contributed by atoms with Crippen LogP contribution in [0.2, 0.25) is 0 Å². The molecular formula is C17H21N5O2S. The van der Waals surface area contributed by atoms with E-state index in [-0.39, 0.29) is 24.3 Å². The van der Waals surface area contributed by atoms with E-state index in [4.69, 9.17) is 5.73 Å². The van der Waals surface area contributed by atoms with Crippen LogP contribution in [0.1, 0.15) is 24.7 Å². The number of primary amides is 1. The van der Waals surface area contributed by atoms with Crippen LogP contribution >= 0.6 is 11.8 Å². The number of aryl methyl sites for hydroxylation is 1. The van der Waals surface area contributed by atoms with E-state index >= 15 is 0 Å². The van der Waals surface area contributed by atoms with Crippen LogP contribution in [0.4, 0.5) is 5.69 Å². The summed E-state index contributed by atoms with van der Waals surface area (Å²) in [7, 11) is 1.83. The second kappa shape index (κ2) is 7.26. The Labute approximate surface area is 150 Å². The molecule has 0 unspecified atom stereocenters. The van der Waals surface area contributed by atoms with Crippen molar-refractivity contribution in [2.24, 2.45) is 12.8 Å². The first-order chi connectivity index (χ1) is 12.0. The van der Waals surface area contributed by atoms with Gasteiger partial charge >= 0.3 is 0 Å². The van der Waals surface area contributed by atoms with E-state index in [0.29, 0.717) is 23.2 Å². The summed E-state index contributed by atoms with van der Waals surface area (Å²) >= 11 is 1.36. The van der Waals surface area contributed by atoms with Gasteiger partial charge in [0.1, 0.15) is 5.82 Å². The molecule has 0 fully saturated rings. The third-order valence-corrected chi connectivity index (χ3v) is 5.33. The van der Waals surface area contributed by atoms with Gasteiger partial charge in [0.15, 0.2) is 5.16 Å². The topological polar surface area (TPSA) is 94.1 Å². The maximum Gasteiger partial charge on any atom is 0.237 e. The minimum atomic E-state index is -0.367. The fourth-order valence-corrected chi connectivity index (χ4v) is 3.85. The van der Waals surface area contributed by atoms with Crippen molar-refractivity contribution in [3.05, 3.63) is 35.7 Å². The monoisotopic (exact) mass is 359 g/mol. The van der Waals surface area contributed by atoms with Gasteiger partial charge in [-0.3, -0.25) is 9.59 Å². The number of hydrogen-bond acceptors (Lipinski definition) is 5. The minimum Gasteiger partial charge on any atom is -0.370 e. The molecule has 1 aliphatic heterocycles. The average Bonchev–Trinajstić information content (AvgIpc) is 3.09. The van der Waals surface area contributed by atoms with Crippen molar-refractivity contribution in [1.29, 1.82) is 0 Å². The van der Waals surface area contributed by atoms with Crippen LogP contribution in [0.3, 0.4) is 0 Å². The number of amides is 2. The number of fused-ring (bicyclic) bond motifs is 1. The quantitative estimate of drug-likeness (QED) is 0.785. The van der Waals surface area contributed by atoms with Gasteiger partial charge in [-0.1, -0.05) is 30.0 Å². The van der Waals surface area contributed by atoms with Gasteiger partial charge in [0.05, 0.1) is 5.75 Å². The van der Waals surface area contributed by atoms with Crippen molar-refractivity contribution >= 4 is 29.3 Å². The van der Waals surface area contributed by atoms with Crippen molar-refractivity contribution in [3.63, 3.8) is 0 Å². The summed E-state index contributed by atoms with van der Waals surface area (Å²) in [5.74, 6) is 0.673. The number of carbonyl (C=O) groups is 2. The Hall–Kier alpha value is -2.35.